The van der Waals surface area contributed by atoms with Gasteiger partial charge in [0.15, 0.2) is 0 Å². The summed E-state index contributed by atoms with van der Waals surface area (Å²) in [6, 6.07) is 0. The molecule has 9 heavy (non-hydrogen) atoms. The normalized spacial score (nSPS) is 22.3. The lowest BCUT2D eigenvalue weighted by atomic mass is 9.91. The highest BCUT2D eigenvalue weighted by atomic mass is 32.2. The molecule has 0 aromatic carbocycles. The molecule has 0 radical (unpaired) electrons. The lowest BCUT2D eigenvalue weighted by molar-refractivity contribution is 0.391. The Labute approximate surface area is 61.5 Å². The van der Waals surface area contributed by atoms with E-state index in [9.17, 15) is 0 Å². The third-order valence-corrected chi connectivity index (χ3v) is 2.72. The van der Waals surface area contributed by atoms with Crippen LogP contribution in [0.25, 0.3) is 0 Å². The van der Waals surface area contributed by atoms with Gasteiger partial charge in [-0.05, 0) is 18.8 Å². The second-order valence-corrected chi connectivity index (χ2v) is 3.50. The van der Waals surface area contributed by atoms with E-state index in [0.29, 0.717) is 0 Å². The zero-order valence-electron chi connectivity index (χ0n) is 5.81. The molecular weight excluding hydrogens is 130 g/mol. The Balaban J connectivity index is 2.08. The number of hydrogen-bond donors (Lipinski definition) is 1. The van der Waals surface area contributed by atoms with Crippen LogP contribution >= 0.6 is 11.9 Å². The SMILES string of the molecule is NSCC1CCCCC1. The Kier molecular flexibility index (Phi) is 3.44. The lowest BCUT2D eigenvalue weighted by Crippen LogP contribution is -2.09. The summed E-state index contributed by atoms with van der Waals surface area (Å²) in [7, 11) is 0. The minimum absolute atomic E-state index is 0.939. The van der Waals surface area contributed by atoms with E-state index in [1.165, 1.54) is 49.8 Å². The fourth-order valence-corrected chi connectivity index (χ4v) is 2.10. The van der Waals surface area contributed by atoms with Crippen LogP contribution in [-0.2, 0) is 0 Å². The van der Waals surface area contributed by atoms with Crippen LogP contribution in [0.2, 0.25) is 0 Å². The van der Waals surface area contributed by atoms with Crippen molar-refractivity contribution in [2.24, 2.45) is 11.1 Å². The molecule has 0 atom stereocenters. The highest BCUT2D eigenvalue weighted by Crippen LogP contribution is 2.24. The first-order chi connectivity index (χ1) is 4.43. The predicted molar refractivity (Wildman–Crippen MR) is 43.2 cm³/mol. The van der Waals surface area contributed by atoms with E-state index in [2.05, 4.69) is 0 Å². The summed E-state index contributed by atoms with van der Waals surface area (Å²) in [5.74, 6) is 2.12. The van der Waals surface area contributed by atoms with Crippen LogP contribution in [0.4, 0.5) is 0 Å². The highest BCUT2D eigenvalue weighted by Gasteiger charge is 2.11. The number of rotatable bonds is 2. The molecule has 0 amide bonds. The Hall–Kier alpha value is 0.310. The van der Waals surface area contributed by atoms with Gasteiger partial charge < -0.3 is 0 Å². The van der Waals surface area contributed by atoms with Crippen LogP contribution in [0.15, 0.2) is 0 Å². The summed E-state index contributed by atoms with van der Waals surface area (Å²) in [5.41, 5.74) is 0. The van der Waals surface area contributed by atoms with Crippen molar-refractivity contribution in [3.05, 3.63) is 0 Å². The Morgan fingerprint density at radius 1 is 1.22 bits per heavy atom. The molecule has 1 fully saturated rings. The third-order valence-electron chi connectivity index (χ3n) is 2.06. The number of nitrogens with two attached hydrogens (primary N) is 1. The first-order valence-electron chi connectivity index (χ1n) is 3.75. The molecule has 0 aliphatic heterocycles. The van der Waals surface area contributed by atoms with Gasteiger partial charge in [-0.3, -0.25) is 5.14 Å². The molecule has 0 aromatic rings. The molecule has 0 spiro atoms. The highest BCUT2D eigenvalue weighted by molar-refractivity contribution is 7.97. The van der Waals surface area contributed by atoms with Crippen molar-refractivity contribution in [1.29, 1.82) is 0 Å². The smallest absolute Gasteiger partial charge is 0.0105 e. The first-order valence-corrected chi connectivity index (χ1v) is 4.80. The van der Waals surface area contributed by atoms with Gasteiger partial charge in [0, 0.05) is 5.75 Å². The van der Waals surface area contributed by atoms with Gasteiger partial charge in [0.1, 0.15) is 0 Å². The van der Waals surface area contributed by atoms with Crippen molar-refractivity contribution in [2.75, 3.05) is 5.75 Å². The van der Waals surface area contributed by atoms with Crippen LogP contribution in [-0.4, -0.2) is 5.75 Å². The van der Waals surface area contributed by atoms with Crippen molar-refractivity contribution in [3.8, 4) is 0 Å². The van der Waals surface area contributed by atoms with Gasteiger partial charge >= 0.3 is 0 Å². The average Bonchev–Trinajstić information content (AvgIpc) is 1.91. The maximum Gasteiger partial charge on any atom is 0.0105 e. The van der Waals surface area contributed by atoms with Crippen molar-refractivity contribution in [3.63, 3.8) is 0 Å². The van der Waals surface area contributed by atoms with Gasteiger partial charge in [0.2, 0.25) is 0 Å². The van der Waals surface area contributed by atoms with Gasteiger partial charge in [0.05, 0.1) is 0 Å². The molecule has 1 aliphatic rings. The van der Waals surface area contributed by atoms with Crippen molar-refractivity contribution < 1.29 is 0 Å². The van der Waals surface area contributed by atoms with Gasteiger partial charge in [0.25, 0.3) is 0 Å². The molecule has 1 rings (SSSR count). The van der Waals surface area contributed by atoms with E-state index in [0.717, 1.165) is 5.92 Å². The molecule has 2 N–H and O–H groups in total. The van der Waals surface area contributed by atoms with Crippen molar-refractivity contribution >= 4 is 11.9 Å². The summed E-state index contributed by atoms with van der Waals surface area (Å²) >= 11 is 1.51. The first kappa shape index (κ1) is 7.42. The standard InChI is InChI=1S/C7H15NS/c8-9-6-7-4-2-1-3-5-7/h7H,1-6,8H2. The summed E-state index contributed by atoms with van der Waals surface area (Å²) in [4.78, 5) is 0. The topological polar surface area (TPSA) is 26.0 Å². The molecule has 0 saturated heterocycles. The monoisotopic (exact) mass is 145 g/mol. The minimum atomic E-state index is 0.939. The summed E-state index contributed by atoms with van der Waals surface area (Å²) < 4.78 is 0. The van der Waals surface area contributed by atoms with Crippen LogP contribution in [0, 0.1) is 5.92 Å². The van der Waals surface area contributed by atoms with Crippen LogP contribution < -0.4 is 5.14 Å². The van der Waals surface area contributed by atoms with Crippen molar-refractivity contribution in [1.82, 2.24) is 0 Å². The molecule has 2 heteroatoms. The summed E-state index contributed by atoms with van der Waals surface area (Å²) in [5, 5.41) is 5.38. The van der Waals surface area contributed by atoms with Crippen LogP contribution in [0.1, 0.15) is 32.1 Å². The largest absolute Gasteiger partial charge is 0.278 e. The molecule has 54 valence electrons. The van der Waals surface area contributed by atoms with Gasteiger partial charge in [-0.25, -0.2) is 0 Å². The molecular formula is C7H15NS. The van der Waals surface area contributed by atoms with Gasteiger partial charge in [-0.1, -0.05) is 31.2 Å². The Morgan fingerprint density at radius 2 is 1.89 bits per heavy atom. The van der Waals surface area contributed by atoms with Crippen LogP contribution in [0.3, 0.4) is 0 Å². The number of hydrogen-bond acceptors (Lipinski definition) is 2. The van der Waals surface area contributed by atoms with E-state index < -0.39 is 0 Å². The maximum absolute atomic E-state index is 5.38. The summed E-state index contributed by atoms with van der Waals surface area (Å²) in [6.45, 7) is 0. The van der Waals surface area contributed by atoms with E-state index in [1.54, 1.807) is 0 Å². The zero-order valence-corrected chi connectivity index (χ0v) is 6.62. The van der Waals surface area contributed by atoms with Gasteiger partial charge in [-0.2, -0.15) is 0 Å². The molecule has 0 heterocycles. The summed E-state index contributed by atoms with van der Waals surface area (Å²) in [6.07, 6.45) is 7.16. The Morgan fingerprint density at radius 3 is 2.44 bits per heavy atom. The second-order valence-electron chi connectivity index (χ2n) is 2.84. The van der Waals surface area contributed by atoms with Gasteiger partial charge in [-0.15, -0.1) is 0 Å². The molecule has 0 unspecified atom stereocenters. The lowest BCUT2D eigenvalue weighted by Gasteiger charge is -2.19. The fraction of sp³-hybridized carbons (Fsp3) is 1.00. The fourth-order valence-electron chi connectivity index (χ4n) is 1.49. The molecule has 0 bridgehead atoms. The second kappa shape index (κ2) is 4.18. The molecule has 1 aliphatic carbocycles. The average molecular weight is 145 g/mol. The molecule has 1 nitrogen and oxygen atoms in total. The van der Waals surface area contributed by atoms with E-state index in [1.807, 2.05) is 0 Å². The van der Waals surface area contributed by atoms with Crippen molar-refractivity contribution in [2.45, 2.75) is 32.1 Å². The van der Waals surface area contributed by atoms with E-state index in [-0.39, 0.29) is 0 Å². The van der Waals surface area contributed by atoms with E-state index >= 15 is 0 Å². The Bertz CT molecular complexity index is 66.6. The van der Waals surface area contributed by atoms with E-state index in [4.69, 9.17) is 5.14 Å². The minimum Gasteiger partial charge on any atom is -0.278 e. The van der Waals surface area contributed by atoms with Crippen LogP contribution in [0.5, 0.6) is 0 Å². The predicted octanol–water partition coefficient (Wildman–Crippen LogP) is 2.17. The molecule has 0 aromatic heterocycles. The zero-order chi connectivity index (χ0) is 6.53. The maximum atomic E-state index is 5.38. The molecule has 1 saturated carbocycles. The quantitative estimate of drug-likeness (QED) is 0.603. The third kappa shape index (κ3) is 2.59.